The SMILES string of the molecule is O=C(O)c1ccc(F)cc1COCc1ccco1. The maximum absolute atomic E-state index is 13.0. The van der Waals surface area contributed by atoms with Gasteiger partial charge in [-0.15, -0.1) is 0 Å². The summed E-state index contributed by atoms with van der Waals surface area (Å²) in [5.74, 6) is -0.966. The van der Waals surface area contributed by atoms with Crippen molar-refractivity contribution in [3.05, 3.63) is 59.3 Å². The lowest BCUT2D eigenvalue weighted by Gasteiger charge is -2.06. The van der Waals surface area contributed by atoms with E-state index in [1.165, 1.54) is 12.3 Å². The van der Waals surface area contributed by atoms with E-state index in [4.69, 9.17) is 14.3 Å². The molecule has 1 heterocycles. The fourth-order valence-corrected chi connectivity index (χ4v) is 1.55. The second-order valence-electron chi connectivity index (χ2n) is 3.68. The maximum atomic E-state index is 13.0. The van der Waals surface area contributed by atoms with E-state index < -0.39 is 11.8 Å². The molecule has 0 bridgehead atoms. The molecule has 1 N–H and O–H groups in total. The average molecular weight is 250 g/mol. The van der Waals surface area contributed by atoms with E-state index in [1.807, 2.05) is 0 Å². The molecular weight excluding hydrogens is 239 g/mol. The molecule has 0 spiro atoms. The highest BCUT2D eigenvalue weighted by molar-refractivity contribution is 5.89. The Morgan fingerprint density at radius 1 is 1.33 bits per heavy atom. The minimum atomic E-state index is -1.11. The first-order valence-corrected chi connectivity index (χ1v) is 5.28. The van der Waals surface area contributed by atoms with Crippen LogP contribution >= 0.6 is 0 Å². The van der Waals surface area contributed by atoms with Gasteiger partial charge in [0.1, 0.15) is 18.2 Å². The molecular formula is C13H11FO4. The van der Waals surface area contributed by atoms with Crippen LogP contribution in [0.3, 0.4) is 0 Å². The number of carbonyl (C=O) groups is 1. The van der Waals surface area contributed by atoms with Gasteiger partial charge in [0, 0.05) is 0 Å². The second kappa shape index (κ2) is 5.46. The second-order valence-corrected chi connectivity index (χ2v) is 3.68. The first-order valence-electron chi connectivity index (χ1n) is 5.28. The van der Waals surface area contributed by atoms with Gasteiger partial charge in [-0.2, -0.15) is 0 Å². The number of halogens is 1. The summed E-state index contributed by atoms with van der Waals surface area (Å²) in [6.07, 6.45) is 1.52. The zero-order chi connectivity index (χ0) is 13.0. The predicted octanol–water partition coefficient (Wildman–Crippen LogP) is 2.83. The molecule has 5 heteroatoms. The molecule has 0 saturated carbocycles. The molecule has 0 aliphatic carbocycles. The van der Waals surface area contributed by atoms with Crippen molar-refractivity contribution in [1.82, 2.24) is 0 Å². The molecule has 2 aromatic rings. The van der Waals surface area contributed by atoms with E-state index in [0.29, 0.717) is 11.3 Å². The topological polar surface area (TPSA) is 59.7 Å². The first-order chi connectivity index (χ1) is 8.66. The maximum Gasteiger partial charge on any atom is 0.336 e. The molecule has 18 heavy (non-hydrogen) atoms. The lowest BCUT2D eigenvalue weighted by atomic mass is 10.1. The minimum absolute atomic E-state index is 0.0140. The van der Waals surface area contributed by atoms with Crippen LogP contribution in [0.5, 0.6) is 0 Å². The van der Waals surface area contributed by atoms with Crippen molar-refractivity contribution < 1.29 is 23.4 Å². The number of carboxylic acid groups (broad SMARTS) is 1. The van der Waals surface area contributed by atoms with Crippen LogP contribution in [0.4, 0.5) is 4.39 Å². The quantitative estimate of drug-likeness (QED) is 0.886. The van der Waals surface area contributed by atoms with E-state index in [2.05, 4.69) is 0 Å². The standard InChI is InChI=1S/C13H11FO4/c14-10-3-4-12(13(15)16)9(6-10)7-17-8-11-2-1-5-18-11/h1-6H,7-8H2,(H,15,16). The van der Waals surface area contributed by atoms with E-state index in [1.54, 1.807) is 12.1 Å². The number of aromatic carboxylic acids is 1. The first kappa shape index (κ1) is 12.3. The fraction of sp³-hybridized carbons (Fsp3) is 0.154. The third-order valence-electron chi connectivity index (χ3n) is 2.38. The fourth-order valence-electron chi connectivity index (χ4n) is 1.55. The Labute approximate surface area is 103 Å². The molecule has 1 aromatic carbocycles. The lowest BCUT2D eigenvalue weighted by Crippen LogP contribution is -2.04. The van der Waals surface area contributed by atoms with Crippen LogP contribution in [0.2, 0.25) is 0 Å². The molecule has 0 amide bonds. The minimum Gasteiger partial charge on any atom is -0.478 e. The van der Waals surface area contributed by atoms with Gasteiger partial charge in [0.25, 0.3) is 0 Å². The zero-order valence-electron chi connectivity index (χ0n) is 9.43. The molecule has 0 aliphatic heterocycles. The summed E-state index contributed by atoms with van der Waals surface area (Å²) in [6, 6.07) is 6.96. The molecule has 1 aromatic heterocycles. The van der Waals surface area contributed by atoms with E-state index >= 15 is 0 Å². The van der Waals surface area contributed by atoms with Crippen LogP contribution < -0.4 is 0 Å². The Kier molecular flexibility index (Phi) is 3.74. The number of furan rings is 1. The predicted molar refractivity (Wildman–Crippen MR) is 60.6 cm³/mol. The number of hydrogen-bond acceptors (Lipinski definition) is 3. The molecule has 0 fully saturated rings. The highest BCUT2D eigenvalue weighted by Crippen LogP contribution is 2.14. The van der Waals surface area contributed by atoms with E-state index in [9.17, 15) is 9.18 Å². The van der Waals surface area contributed by atoms with Gasteiger partial charge in [-0.25, -0.2) is 9.18 Å². The largest absolute Gasteiger partial charge is 0.478 e. The molecule has 0 saturated heterocycles. The summed E-state index contributed by atoms with van der Waals surface area (Å²) >= 11 is 0. The number of carboxylic acids is 1. The summed E-state index contributed by atoms with van der Waals surface area (Å²) in [6.45, 7) is 0.225. The lowest BCUT2D eigenvalue weighted by molar-refractivity contribution is 0.0679. The van der Waals surface area contributed by atoms with Gasteiger partial charge in [0.15, 0.2) is 0 Å². The van der Waals surface area contributed by atoms with Crippen molar-refractivity contribution in [1.29, 1.82) is 0 Å². The van der Waals surface area contributed by atoms with Crippen LogP contribution in [-0.4, -0.2) is 11.1 Å². The van der Waals surface area contributed by atoms with Gasteiger partial charge in [-0.3, -0.25) is 0 Å². The molecule has 0 unspecified atom stereocenters. The summed E-state index contributed by atoms with van der Waals surface area (Å²) in [7, 11) is 0. The average Bonchev–Trinajstić information content (AvgIpc) is 2.82. The molecule has 94 valence electrons. The van der Waals surface area contributed by atoms with E-state index in [-0.39, 0.29) is 18.8 Å². The van der Waals surface area contributed by atoms with Crippen LogP contribution in [0.25, 0.3) is 0 Å². The van der Waals surface area contributed by atoms with E-state index in [0.717, 1.165) is 12.1 Å². The highest BCUT2D eigenvalue weighted by Gasteiger charge is 2.11. The van der Waals surface area contributed by atoms with Crippen LogP contribution in [0, 0.1) is 5.82 Å². The molecule has 2 rings (SSSR count). The Balaban J connectivity index is 2.03. The molecule has 0 atom stereocenters. The van der Waals surface area contributed by atoms with Gasteiger partial charge >= 0.3 is 5.97 Å². The monoisotopic (exact) mass is 250 g/mol. The van der Waals surface area contributed by atoms with Crippen LogP contribution in [0.1, 0.15) is 21.7 Å². The third kappa shape index (κ3) is 2.95. The summed E-state index contributed by atoms with van der Waals surface area (Å²) < 4.78 is 23.4. The Hall–Kier alpha value is -2.14. The van der Waals surface area contributed by atoms with Gasteiger partial charge in [0.2, 0.25) is 0 Å². The van der Waals surface area contributed by atoms with Crippen molar-refractivity contribution >= 4 is 5.97 Å². The smallest absolute Gasteiger partial charge is 0.336 e. The number of benzene rings is 1. The molecule has 0 aliphatic rings. The molecule has 0 radical (unpaired) electrons. The van der Waals surface area contributed by atoms with Gasteiger partial charge in [-0.1, -0.05) is 0 Å². The highest BCUT2D eigenvalue weighted by atomic mass is 19.1. The van der Waals surface area contributed by atoms with Crippen LogP contribution in [0.15, 0.2) is 41.0 Å². The Morgan fingerprint density at radius 3 is 2.83 bits per heavy atom. The van der Waals surface area contributed by atoms with Crippen molar-refractivity contribution in [3.63, 3.8) is 0 Å². The van der Waals surface area contributed by atoms with Gasteiger partial charge in [-0.05, 0) is 35.9 Å². The van der Waals surface area contributed by atoms with Crippen LogP contribution in [-0.2, 0) is 18.0 Å². The normalized spacial score (nSPS) is 10.5. The number of hydrogen-bond donors (Lipinski definition) is 1. The van der Waals surface area contributed by atoms with Crippen molar-refractivity contribution in [2.75, 3.05) is 0 Å². The number of rotatable bonds is 5. The molecule has 4 nitrogen and oxygen atoms in total. The van der Waals surface area contributed by atoms with Crippen molar-refractivity contribution in [3.8, 4) is 0 Å². The summed E-state index contributed by atoms with van der Waals surface area (Å²) in [4.78, 5) is 10.9. The summed E-state index contributed by atoms with van der Waals surface area (Å²) in [5, 5.41) is 8.94. The van der Waals surface area contributed by atoms with Gasteiger partial charge < -0.3 is 14.3 Å². The third-order valence-corrected chi connectivity index (χ3v) is 2.38. The van der Waals surface area contributed by atoms with Gasteiger partial charge in [0.05, 0.1) is 18.4 Å². The Morgan fingerprint density at radius 2 is 2.17 bits per heavy atom. The number of ether oxygens (including phenoxy) is 1. The Bertz CT molecular complexity index is 534. The van der Waals surface area contributed by atoms with Crippen molar-refractivity contribution in [2.24, 2.45) is 0 Å². The zero-order valence-corrected chi connectivity index (χ0v) is 9.43. The summed E-state index contributed by atoms with van der Waals surface area (Å²) in [5.41, 5.74) is 0.338. The van der Waals surface area contributed by atoms with Crippen molar-refractivity contribution in [2.45, 2.75) is 13.2 Å².